The quantitative estimate of drug-likeness (QED) is 0.576. The fraction of sp³-hybridized carbons (Fsp3) is 0.909. The molecule has 2 aliphatic heterocycles. The molecule has 2 saturated heterocycles. The maximum atomic E-state index is 12.0. The molecule has 0 saturated carbocycles. The summed E-state index contributed by atoms with van der Waals surface area (Å²) in [6.45, 7) is 6.52. The van der Waals surface area contributed by atoms with E-state index in [0.717, 1.165) is 19.5 Å². The molecule has 0 aromatic heterocycles. The van der Waals surface area contributed by atoms with Gasteiger partial charge in [-0.2, -0.15) is 0 Å². The van der Waals surface area contributed by atoms with Crippen LogP contribution in [0, 0.1) is 5.92 Å². The number of fused-ring (bicyclic) bond motifs is 1. The fourth-order valence-corrected chi connectivity index (χ4v) is 2.80. The molecule has 3 nitrogen and oxygen atoms in total. The van der Waals surface area contributed by atoms with Gasteiger partial charge in [-0.15, -0.1) is 0 Å². The van der Waals surface area contributed by atoms with E-state index in [4.69, 9.17) is 0 Å². The average molecular weight is 196 g/mol. The van der Waals surface area contributed by atoms with Gasteiger partial charge in [0.15, 0.2) is 0 Å². The van der Waals surface area contributed by atoms with E-state index in [9.17, 15) is 4.79 Å². The Morgan fingerprint density at radius 1 is 1.36 bits per heavy atom. The molecule has 0 radical (unpaired) electrons. The molecule has 0 N–H and O–H groups in total. The van der Waals surface area contributed by atoms with Crippen molar-refractivity contribution in [3.8, 4) is 0 Å². The number of likely N-dealkylation sites (N-methyl/N-ethyl adjacent to an activating group) is 1. The molecule has 0 unspecified atom stereocenters. The summed E-state index contributed by atoms with van der Waals surface area (Å²) in [5.74, 6) is 0.922. The van der Waals surface area contributed by atoms with Gasteiger partial charge in [0.1, 0.15) is 0 Å². The Kier molecular flexibility index (Phi) is 2.52. The first-order valence-electron chi connectivity index (χ1n) is 5.62. The molecular formula is C11H20N2O. The molecule has 0 aromatic carbocycles. The number of nitrogens with zero attached hydrogens (tertiary/aromatic N) is 2. The highest BCUT2D eigenvalue weighted by Gasteiger charge is 2.40. The summed E-state index contributed by atoms with van der Waals surface area (Å²) in [5, 5.41) is 0. The Morgan fingerprint density at radius 2 is 2.07 bits per heavy atom. The maximum absolute atomic E-state index is 12.0. The van der Waals surface area contributed by atoms with Gasteiger partial charge in [-0.1, -0.05) is 6.92 Å². The number of carbonyl (C=O) groups excluding carboxylic acids is 1. The molecule has 3 heteroatoms. The second-order valence-corrected chi connectivity index (χ2v) is 4.83. The smallest absolute Gasteiger partial charge is 0.239 e. The minimum atomic E-state index is 0.181. The van der Waals surface area contributed by atoms with Crippen LogP contribution in [0.2, 0.25) is 0 Å². The van der Waals surface area contributed by atoms with Gasteiger partial charge in [-0.3, -0.25) is 9.69 Å². The van der Waals surface area contributed by atoms with Crippen LogP contribution in [0.4, 0.5) is 0 Å². The van der Waals surface area contributed by atoms with Gasteiger partial charge < -0.3 is 4.90 Å². The summed E-state index contributed by atoms with van der Waals surface area (Å²) in [7, 11) is 1.94. The fourth-order valence-electron chi connectivity index (χ4n) is 2.80. The Balaban J connectivity index is 2.24. The van der Waals surface area contributed by atoms with Crippen molar-refractivity contribution in [2.75, 3.05) is 20.1 Å². The van der Waals surface area contributed by atoms with Crippen molar-refractivity contribution in [3.63, 3.8) is 0 Å². The van der Waals surface area contributed by atoms with Gasteiger partial charge in [0, 0.05) is 19.6 Å². The third kappa shape index (κ3) is 1.44. The molecule has 80 valence electrons. The standard InChI is InChI=1S/C11H20N2O/c1-8-7-12(3)11(14)10-5-4-6-13(10)9(8)2/h8-10H,4-7H2,1-3H3/t8-,9-,10-/m1/s1. The van der Waals surface area contributed by atoms with Crippen LogP contribution >= 0.6 is 0 Å². The summed E-state index contributed by atoms with van der Waals surface area (Å²) >= 11 is 0. The lowest BCUT2D eigenvalue weighted by Gasteiger charge is -2.29. The zero-order chi connectivity index (χ0) is 10.3. The predicted octanol–water partition coefficient (Wildman–Crippen LogP) is 0.947. The lowest BCUT2D eigenvalue weighted by Crippen LogP contribution is -2.43. The van der Waals surface area contributed by atoms with E-state index < -0.39 is 0 Å². The Labute approximate surface area is 86.1 Å². The molecule has 0 bridgehead atoms. The van der Waals surface area contributed by atoms with Crippen molar-refractivity contribution in [2.24, 2.45) is 5.92 Å². The zero-order valence-corrected chi connectivity index (χ0v) is 9.36. The molecule has 2 aliphatic rings. The number of carbonyl (C=O) groups is 1. The highest BCUT2D eigenvalue weighted by Crippen LogP contribution is 2.28. The predicted molar refractivity (Wildman–Crippen MR) is 56.0 cm³/mol. The molecule has 2 heterocycles. The lowest BCUT2D eigenvalue weighted by molar-refractivity contribution is -0.133. The van der Waals surface area contributed by atoms with Crippen LogP contribution in [0.1, 0.15) is 26.7 Å². The van der Waals surface area contributed by atoms with E-state index in [-0.39, 0.29) is 6.04 Å². The van der Waals surface area contributed by atoms with Gasteiger partial charge in [-0.25, -0.2) is 0 Å². The molecule has 3 atom stereocenters. The van der Waals surface area contributed by atoms with Crippen LogP contribution in [-0.4, -0.2) is 47.9 Å². The van der Waals surface area contributed by atoms with Crippen molar-refractivity contribution in [1.29, 1.82) is 0 Å². The van der Waals surface area contributed by atoms with Crippen molar-refractivity contribution < 1.29 is 4.79 Å². The van der Waals surface area contributed by atoms with Gasteiger partial charge >= 0.3 is 0 Å². The Hall–Kier alpha value is -0.570. The molecule has 2 fully saturated rings. The molecule has 0 aliphatic carbocycles. The molecule has 0 spiro atoms. The molecule has 0 aromatic rings. The number of hydrogen-bond acceptors (Lipinski definition) is 2. The summed E-state index contributed by atoms with van der Waals surface area (Å²) in [6.07, 6.45) is 2.24. The van der Waals surface area contributed by atoms with Gasteiger partial charge in [-0.05, 0) is 32.2 Å². The van der Waals surface area contributed by atoms with E-state index in [1.165, 1.54) is 6.42 Å². The Morgan fingerprint density at radius 3 is 2.79 bits per heavy atom. The van der Waals surface area contributed by atoms with Gasteiger partial charge in [0.05, 0.1) is 6.04 Å². The number of amides is 1. The Bertz CT molecular complexity index is 241. The molecule has 2 rings (SSSR count). The van der Waals surface area contributed by atoms with Crippen LogP contribution in [0.5, 0.6) is 0 Å². The summed E-state index contributed by atoms with van der Waals surface area (Å²) in [5.41, 5.74) is 0. The SMILES string of the molecule is C[C@@H]1CN(C)C(=O)[C@H]2CCCN2[C@@H]1C. The van der Waals surface area contributed by atoms with E-state index >= 15 is 0 Å². The van der Waals surface area contributed by atoms with Crippen molar-refractivity contribution >= 4 is 5.91 Å². The molecule has 14 heavy (non-hydrogen) atoms. The second-order valence-electron chi connectivity index (χ2n) is 4.83. The van der Waals surface area contributed by atoms with E-state index in [1.54, 1.807) is 0 Å². The van der Waals surface area contributed by atoms with Crippen LogP contribution in [0.15, 0.2) is 0 Å². The largest absolute Gasteiger partial charge is 0.344 e. The first kappa shape index (κ1) is 9.97. The molecular weight excluding hydrogens is 176 g/mol. The average Bonchev–Trinajstić information content (AvgIpc) is 2.60. The third-order valence-electron chi connectivity index (χ3n) is 3.86. The van der Waals surface area contributed by atoms with Crippen LogP contribution in [-0.2, 0) is 4.79 Å². The summed E-state index contributed by atoms with van der Waals surface area (Å²) < 4.78 is 0. The van der Waals surface area contributed by atoms with E-state index in [0.29, 0.717) is 17.9 Å². The second kappa shape index (κ2) is 3.54. The van der Waals surface area contributed by atoms with Crippen LogP contribution < -0.4 is 0 Å². The maximum Gasteiger partial charge on any atom is 0.239 e. The summed E-state index contributed by atoms with van der Waals surface area (Å²) in [4.78, 5) is 16.3. The van der Waals surface area contributed by atoms with Crippen molar-refractivity contribution in [1.82, 2.24) is 9.80 Å². The van der Waals surface area contributed by atoms with E-state index in [2.05, 4.69) is 18.7 Å². The highest BCUT2D eigenvalue weighted by molar-refractivity contribution is 5.82. The zero-order valence-electron chi connectivity index (χ0n) is 9.36. The van der Waals surface area contributed by atoms with Gasteiger partial charge in [0.2, 0.25) is 5.91 Å². The van der Waals surface area contributed by atoms with Gasteiger partial charge in [0.25, 0.3) is 0 Å². The highest BCUT2D eigenvalue weighted by atomic mass is 16.2. The van der Waals surface area contributed by atoms with Crippen molar-refractivity contribution in [3.05, 3.63) is 0 Å². The first-order valence-corrected chi connectivity index (χ1v) is 5.62. The lowest BCUT2D eigenvalue weighted by atomic mass is 10.0. The molecule has 1 amide bonds. The van der Waals surface area contributed by atoms with Crippen molar-refractivity contribution in [2.45, 2.75) is 38.8 Å². The third-order valence-corrected chi connectivity index (χ3v) is 3.86. The normalized spacial score (nSPS) is 39.8. The van der Waals surface area contributed by atoms with Crippen LogP contribution in [0.3, 0.4) is 0 Å². The van der Waals surface area contributed by atoms with Crippen LogP contribution in [0.25, 0.3) is 0 Å². The first-order chi connectivity index (χ1) is 6.61. The minimum Gasteiger partial charge on any atom is -0.344 e. The minimum absolute atomic E-state index is 0.181. The monoisotopic (exact) mass is 196 g/mol. The topological polar surface area (TPSA) is 23.6 Å². The number of hydrogen-bond donors (Lipinski definition) is 0. The number of rotatable bonds is 0. The van der Waals surface area contributed by atoms with E-state index in [1.807, 2.05) is 11.9 Å². The summed E-state index contributed by atoms with van der Waals surface area (Å²) in [6, 6.07) is 0.733.